The number of anilines is 1. The summed E-state index contributed by atoms with van der Waals surface area (Å²) in [7, 11) is 0. The van der Waals surface area contributed by atoms with Gasteiger partial charge in [0.15, 0.2) is 0 Å². The Morgan fingerprint density at radius 1 is 1.35 bits per heavy atom. The van der Waals surface area contributed by atoms with Gasteiger partial charge in [0.2, 0.25) is 5.91 Å². The number of halogens is 3. The molecule has 1 amide bonds. The van der Waals surface area contributed by atoms with Crippen molar-refractivity contribution in [3.63, 3.8) is 0 Å². The van der Waals surface area contributed by atoms with Crippen LogP contribution in [0.5, 0.6) is 0 Å². The van der Waals surface area contributed by atoms with Crippen molar-refractivity contribution in [1.29, 1.82) is 5.26 Å². The molecule has 0 aromatic heterocycles. The average molecular weight is 339 g/mol. The zero-order valence-electron chi connectivity index (χ0n) is 12.6. The van der Waals surface area contributed by atoms with Gasteiger partial charge in [0, 0.05) is 23.0 Å². The van der Waals surface area contributed by atoms with E-state index < -0.39 is 23.2 Å². The quantitative estimate of drug-likeness (QED) is 0.763. The molecule has 0 heterocycles. The van der Waals surface area contributed by atoms with Gasteiger partial charge in [-0.3, -0.25) is 9.69 Å². The number of carbonyl (C=O) groups excluding carboxylic acids is 1. The van der Waals surface area contributed by atoms with Gasteiger partial charge < -0.3 is 0 Å². The minimum absolute atomic E-state index is 0.160. The van der Waals surface area contributed by atoms with Gasteiger partial charge in [-0.2, -0.15) is 5.26 Å². The third-order valence-electron chi connectivity index (χ3n) is 5.19. The maximum Gasteiger partial charge on any atom is 0.258 e. The molecule has 3 rings (SSSR count). The van der Waals surface area contributed by atoms with E-state index in [1.807, 2.05) is 6.07 Å². The number of benzene rings is 1. The lowest BCUT2D eigenvalue weighted by Crippen LogP contribution is -2.34. The normalized spacial score (nSPS) is 27.7. The molecule has 0 N–H and O–H groups in total. The molecule has 2 saturated carbocycles. The Morgan fingerprint density at radius 2 is 2.04 bits per heavy atom. The van der Waals surface area contributed by atoms with Crippen molar-refractivity contribution in [2.45, 2.75) is 38.0 Å². The van der Waals surface area contributed by atoms with E-state index in [2.05, 4.69) is 0 Å². The first-order chi connectivity index (χ1) is 10.9. The summed E-state index contributed by atoms with van der Waals surface area (Å²) in [5.74, 6) is -3.85. The monoisotopic (exact) mass is 338 g/mol. The van der Waals surface area contributed by atoms with E-state index in [-0.39, 0.29) is 13.0 Å². The lowest BCUT2D eigenvalue weighted by Gasteiger charge is -2.25. The zero-order chi connectivity index (χ0) is 16.7. The molecule has 2 aliphatic carbocycles. The maximum absolute atomic E-state index is 14.2. The fourth-order valence-electron chi connectivity index (χ4n) is 3.89. The Kier molecular flexibility index (Phi) is 4.05. The van der Waals surface area contributed by atoms with E-state index in [0.29, 0.717) is 23.6 Å². The number of amides is 1. The summed E-state index contributed by atoms with van der Waals surface area (Å²) in [5, 5.41) is 9.48. The molecule has 6 heteroatoms. The van der Waals surface area contributed by atoms with E-state index in [9.17, 15) is 13.6 Å². The van der Waals surface area contributed by atoms with E-state index >= 15 is 0 Å². The van der Waals surface area contributed by atoms with E-state index in [1.54, 1.807) is 24.3 Å². The molecule has 2 aliphatic rings. The summed E-state index contributed by atoms with van der Waals surface area (Å²) >= 11 is 5.83. The molecule has 0 spiro atoms. The molecule has 122 valence electrons. The summed E-state index contributed by atoms with van der Waals surface area (Å²) in [5.41, 5.74) is -0.684. The van der Waals surface area contributed by atoms with Crippen molar-refractivity contribution in [2.75, 3.05) is 11.4 Å². The second-order valence-corrected chi connectivity index (χ2v) is 6.81. The molecular weight excluding hydrogens is 322 g/mol. The largest absolute Gasteiger partial charge is 0.299 e. The minimum Gasteiger partial charge on any atom is -0.299 e. The van der Waals surface area contributed by atoms with Crippen LogP contribution >= 0.6 is 11.6 Å². The number of alkyl halides is 2. The lowest BCUT2D eigenvalue weighted by atomic mass is 9.85. The molecule has 1 aromatic rings. The number of hydrogen-bond acceptors (Lipinski definition) is 2. The molecule has 2 atom stereocenters. The summed E-state index contributed by atoms with van der Waals surface area (Å²) < 4.78 is 28.3. The fourth-order valence-corrected chi connectivity index (χ4v) is 4.01. The number of carbonyl (C=O) groups is 1. The second kappa shape index (κ2) is 5.76. The molecular formula is C17H17ClF2N2O. The standard InChI is InChI=1S/C17H17ClF2N2O/c18-12-4-6-13(7-5-12)22(10-9-21)15(23)11-16-8-2-1-3-14(16)17(16,19)20/h4-7,14H,1-3,8,10-11H2. The first kappa shape index (κ1) is 16.2. The SMILES string of the molecule is N#CCN(C(=O)CC12CCCCC1C2(F)F)c1ccc(Cl)cc1. The molecule has 1 aromatic carbocycles. The van der Waals surface area contributed by atoms with Gasteiger partial charge in [-0.05, 0) is 37.1 Å². The van der Waals surface area contributed by atoms with Crippen LogP contribution in [0.2, 0.25) is 5.02 Å². The van der Waals surface area contributed by atoms with Gasteiger partial charge in [-0.1, -0.05) is 24.4 Å². The highest BCUT2D eigenvalue weighted by Crippen LogP contribution is 2.73. The van der Waals surface area contributed by atoms with Crippen molar-refractivity contribution in [3.05, 3.63) is 29.3 Å². The van der Waals surface area contributed by atoms with E-state index in [4.69, 9.17) is 16.9 Å². The van der Waals surface area contributed by atoms with Crippen molar-refractivity contribution in [2.24, 2.45) is 11.3 Å². The van der Waals surface area contributed by atoms with Gasteiger partial charge in [-0.25, -0.2) is 8.78 Å². The van der Waals surface area contributed by atoms with Crippen LogP contribution in [-0.4, -0.2) is 18.4 Å². The minimum atomic E-state index is -2.75. The molecule has 0 bridgehead atoms. The van der Waals surface area contributed by atoms with Crippen molar-refractivity contribution in [1.82, 2.24) is 0 Å². The van der Waals surface area contributed by atoms with Gasteiger partial charge in [0.05, 0.1) is 11.5 Å². The van der Waals surface area contributed by atoms with Crippen molar-refractivity contribution >= 4 is 23.2 Å². The predicted octanol–water partition coefficient (Wildman–Crippen LogP) is 4.41. The Hall–Kier alpha value is -1.67. The van der Waals surface area contributed by atoms with Crippen LogP contribution in [0.25, 0.3) is 0 Å². The highest BCUT2D eigenvalue weighted by molar-refractivity contribution is 6.30. The first-order valence-corrected chi connectivity index (χ1v) is 8.11. The first-order valence-electron chi connectivity index (χ1n) is 7.73. The number of nitrogens with zero attached hydrogens (tertiary/aromatic N) is 2. The summed E-state index contributed by atoms with van der Waals surface area (Å²) in [6.45, 7) is -0.160. The highest BCUT2D eigenvalue weighted by Gasteiger charge is 2.80. The Morgan fingerprint density at radius 3 is 2.65 bits per heavy atom. The average Bonchev–Trinajstić information content (AvgIpc) is 3.01. The predicted molar refractivity (Wildman–Crippen MR) is 83.4 cm³/mol. The molecule has 2 unspecified atom stereocenters. The van der Waals surface area contributed by atoms with Crippen LogP contribution in [0.15, 0.2) is 24.3 Å². The Labute approximate surface area is 138 Å². The van der Waals surface area contributed by atoms with Gasteiger partial charge in [0.25, 0.3) is 5.92 Å². The fraction of sp³-hybridized carbons (Fsp3) is 0.529. The third-order valence-corrected chi connectivity index (χ3v) is 5.44. The van der Waals surface area contributed by atoms with Crippen molar-refractivity contribution < 1.29 is 13.6 Å². The molecule has 0 aliphatic heterocycles. The van der Waals surface area contributed by atoms with Gasteiger partial charge >= 0.3 is 0 Å². The molecule has 3 nitrogen and oxygen atoms in total. The van der Waals surface area contributed by atoms with Crippen LogP contribution in [0.3, 0.4) is 0 Å². The van der Waals surface area contributed by atoms with Crippen LogP contribution < -0.4 is 4.90 Å². The Bertz CT molecular complexity index is 656. The number of nitriles is 1. The van der Waals surface area contributed by atoms with Crippen LogP contribution in [0.1, 0.15) is 32.1 Å². The van der Waals surface area contributed by atoms with E-state index in [1.165, 1.54) is 4.90 Å². The van der Waals surface area contributed by atoms with Crippen LogP contribution in [0, 0.1) is 22.7 Å². The smallest absolute Gasteiger partial charge is 0.258 e. The number of hydrogen-bond donors (Lipinski definition) is 0. The summed E-state index contributed by atoms with van der Waals surface area (Å²) in [6, 6.07) is 8.40. The number of rotatable bonds is 4. The molecule has 23 heavy (non-hydrogen) atoms. The molecule has 0 radical (unpaired) electrons. The van der Waals surface area contributed by atoms with Gasteiger partial charge in [0.1, 0.15) is 6.54 Å². The lowest BCUT2D eigenvalue weighted by molar-refractivity contribution is -0.121. The van der Waals surface area contributed by atoms with Crippen LogP contribution in [0.4, 0.5) is 14.5 Å². The summed E-state index contributed by atoms with van der Waals surface area (Å²) in [4.78, 5) is 13.9. The molecule has 2 fully saturated rings. The Balaban J connectivity index is 1.80. The highest BCUT2D eigenvalue weighted by atomic mass is 35.5. The van der Waals surface area contributed by atoms with E-state index in [0.717, 1.165) is 12.8 Å². The van der Waals surface area contributed by atoms with Gasteiger partial charge in [-0.15, -0.1) is 0 Å². The van der Waals surface area contributed by atoms with Crippen LogP contribution in [-0.2, 0) is 4.79 Å². The molecule has 0 saturated heterocycles. The zero-order valence-corrected chi connectivity index (χ0v) is 13.3. The maximum atomic E-state index is 14.2. The second-order valence-electron chi connectivity index (χ2n) is 6.37. The van der Waals surface area contributed by atoms with Crippen molar-refractivity contribution in [3.8, 4) is 6.07 Å². The topological polar surface area (TPSA) is 44.1 Å². The third kappa shape index (κ3) is 2.59. The summed E-state index contributed by atoms with van der Waals surface area (Å²) in [6.07, 6.45) is 2.21. The number of fused-ring (bicyclic) bond motifs is 1.